The van der Waals surface area contributed by atoms with Gasteiger partial charge in [-0.15, -0.1) is 10.2 Å². The van der Waals surface area contributed by atoms with Crippen LogP contribution in [0, 0.1) is 17.0 Å². The molecule has 1 aromatic heterocycles. The predicted molar refractivity (Wildman–Crippen MR) is 116 cm³/mol. The molecule has 0 saturated carbocycles. The van der Waals surface area contributed by atoms with Crippen molar-refractivity contribution in [2.75, 3.05) is 12.4 Å². The maximum absolute atomic E-state index is 12.7. The Labute approximate surface area is 181 Å². The summed E-state index contributed by atoms with van der Waals surface area (Å²) in [7, 11) is 1.53. The summed E-state index contributed by atoms with van der Waals surface area (Å²) in [5.41, 5.74) is 2.73. The molecule has 1 amide bonds. The van der Waals surface area contributed by atoms with Crippen LogP contribution in [-0.4, -0.2) is 32.9 Å². The summed E-state index contributed by atoms with van der Waals surface area (Å²) in [5, 5.41) is 23.3. The summed E-state index contributed by atoms with van der Waals surface area (Å²) >= 11 is 6.19. The number of benzene rings is 3. The van der Waals surface area contributed by atoms with Crippen LogP contribution in [0.5, 0.6) is 5.75 Å². The van der Waals surface area contributed by atoms with Crippen LogP contribution < -0.4 is 10.1 Å². The lowest BCUT2D eigenvalue weighted by atomic mass is 10.1. The van der Waals surface area contributed by atoms with E-state index < -0.39 is 10.8 Å². The first-order valence-corrected chi connectivity index (χ1v) is 9.51. The fraction of sp³-hybridized carbons (Fsp3) is 0.0952. The van der Waals surface area contributed by atoms with Gasteiger partial charge in [-0.3, -0.25) is 14.9 Å². The summed E-state index contributed by atoms with van der Waals surface area (Å²) in [6, 6.07) is 14.4. The third-order valence-corrected chi connectivity index (χ3v) is 4.98. The maximum atomic E-state index is 12.7. The minimum Gasteiger partial charge on any atom is -0.495 e. The number of aromatic nitrogens is 3. The number of nitro groups is 1. The summed E-state index contributed by atoms with van der Waals surface area (Å²) in [5.74, 6) is -0.0398. The molecule has 0 fully saturated rings. The zero-order valence-electron chi connectivity index (χ0n) is 16.5. The Morgan fingerprint density at radius 2 is 1.84 bits per heavy atom. The Bertz CT molecular complexity index is 1330. The molecule has 0 saturated heterocycles. The van der Waals surface area contributed by atoms with Crippen molar-refractivity contribution in [3.63, 3.8) is 0 Å². The van der Waals surface area contributed by atoms with Crippen molar-refractivity contribution in [1.82, 2.24) is 15.0 Å². The van der Waals surface area contributed by atoms with Gasteiger partial charge in [0.1, 0.15) is 22.3 Å². The fourth-order valence-corrected chi connectivity index (χ4v) is 3.36. The van der Waals surface area contributed by atoms with E-state index in [4.69, 9.17) is 16.3 Å². The Kier molecular flexibility index (Phi) is 5.26. The molecule has 4 aromatic rings. The lowest BCUT2D eigenvalue weighted by molar-refractivity contribution is -0.385. The van der Waals surface area contributed by atoms with Crippen LogP contribution in [0.1, 0.15) is 15.9 Å². The molecular weight excluding hydrogens is 422 g/mol. The smallest absolute Gasteiger partial charge is 0.282 e. The number of carbonyl (C=O) groups excluding carboxylic acids is 1. The number of amides is 1. The van der Waals surface area contributed by atoms with Gasteiger partial charge in [-0.1, -0.05) is 23.7 Å². The topological polar surface area (TPSA) is 112 Å². The molecule has 0 radical (unpaired) electrons. The second-order valence-electron chi connectivity index (χ2n) is 6.69. The van der Waals surface area contributed by atoms with Crippen LogP contribution in [0.2, 0.25) is 5.02 Å². The molecule has 0 bridgehead atoms. The molecule has 0 aliphatic heterocycles. The zero-order chi connectivity index (χ0) is 22.1. The van der Waals surface area contributed by atoms with Gasteiger partial charge in [0, 0.05) is 11.8 Å². The van der Waals surface area contributed by atoms with Crippen LogP contribution in [0.25, 0.3) is 16.7 Å². The van der Waals surface area contributed by atoms with Crippen LogP contribution in [0.15, 0.2) is 54.6 Å². The van der Waals surface area contributed by atoms with Crippen molar-refractivity contribution in [3.05, 3.63) is 80.9 Å². The third kappa shape index (κ3) is 3.90. The Hall–Kier alpha value is -3.98. The molecule has 0 aliphatic rings. The minimum absolute atomic E-state index is 0.0245. The minimum atomic E-state index is -0.587. The van der Waals surface area contributed by atoms with Crippen molar-refractivity contribution in [1.29, 1.82) is 0 Å². The quantitative estimate of drug-likeness (QED) is 0.362. The lowest BCUT2D eigenvalue weighted by Gasteiger charge is -2.08. The van der Waals surface area contributed by atoms with E-state index in [2.05, 4.69) is 15.5 Å². The summed E-state index contributed by atoms with van der Waals surface area (Å²) in [6.07, 6.45) is 0. The number of aryl methyl sites for hydroxylation is 1. The number of carbonyl (C=O) groups is 1. The summed E-state index contributed by atoms with van der Waals surface area (Å²) in [4.78, 5) is 24.7. The number of methoxy groups -OCH3 is 1. The molecular formula is C21H16ClN5O4. The predicted octanol–water partition coefficient (Wildman–Crippen LogP) is 4.55. The molecule has 9 nitrogen and oxygen atoms in total. The van der Waals surface area contributed by atoms with Crippen LogP contribution >= 0.6 is 11.6 Å². The molecule has 0 aliphatic carbocycles. The summed E-state index contributed by atoms with van der Waals surface area (Å²) in [6.45, 7) is 1.80. The molecule has 4 rings (SSSR count). The van der Waals surface area contributed by atoms with Crippen molar-refractivity contribution in [2.45, 2.75) is 6.92 Å². The third-order valence-electron chi connectivity index (χ3n) is 4.69. The standard InChI is InChI=1S/C21H16ClN5O4/c1-12-9-17-18(25-26(24-17)13-7-8-20(31-2)15(22)10-13)11-16(12)23-21(28)14-5-3-4-6-19(14)27(29)30/h3-11H,1-2H3,(H,23,28). The largest absolute Gasteiger partial charge is 0.495 e. The Morgan fingerprint density at radius 3 is 2.52 bits per heavy atom. The van der Waals surface area contributed by atoms with Crippen LogP contribution in [0.3, 0.4) is 0 Å². The number of fused-ring (bicyclic) bond motifs is 1. The second kappa shape index (κ2) is 8.04. The average Bonchev–Trinajstić information content (AvgIpc) is 3.16. The van der Waals surface area contributed by atoms with E-state index >= 15 is 0 Å². The molecule has 1 N–H and O–H groups in total. The SMILES string of the molecule is COc1ccc(-n2nc3cc(C)c(NC(=O)c4ccccc4[N+](=O)[O-])cc3n2)cc1Cl. The van der Waals surface area contributed by atoms with E-state index in [9.17, 15) is 14.9 Å². The molecule has 0 atom stereocenters. The van der Waals surface area contributed by atoms with Gasteiger partial charge in [0.25, 0.3) is 11.6 Å². The van der Waals surface area contributed by atoms with Gasteiger partial charge >= 0.3 is 0 Å². The highest BCUT2D eigenvalue weighted by Crippen LogP contribution is 2.28. The Balaban J connectivity index is 1.68. The normalized spacial score (nSPS) is 10.8. The van der Waals surface area contributed by atoms with Gasteiger partial charge in [-0.25, -0.2) is 0 Å². The van der Waals surface area contributed by atoms with Gasteiger partial charge in [0.05, 0.1) is 22.7 Å². The number of ether oxygens (including phenoxy) is 1. The first kappa shape index (κ1) is 20.3. The van der Waals surface area contributed by atoms with Gasteiger partial charge in [-0.05, 0) is 48.9 Å². The number of nitrogens with one attached hydrogen (secondary N) is 1. The Morgan fingerprint density at radius 1 is 1.13 bits per heavy atom. The molecule has 10 heteroatoms. The molecule has 31 heavy (non-hydrogen) atoms. The number of nitro benzene ring substituents is 1. The van der Waals surface area contributed by atoms with Gasteiger partial charge in [-0.2, -0.15) is 4.80 Å². The maximum Gasteiger partial charge on any atom is 0.282 e. The first-order valence-electron chi connectivity index (χ1n) is 9.14. The van der Waals surface area contributed by atoms with Crippen molar-refractivity contribution in [3.8, 4) is 11.4 Å². The fourth-order valence-electron chi connectivity index (χ4n) is 3.11. The van der Waals surface area contributed by atoms with Gasteiger partial charge < -0.3 is 10.1 Å². The van der Waals surface area contributed by atoms with Gasteiger partial charge in [0.15, 0.2) is 0 Å². The molecule has 0 unspecified atom stereocenters. The molecule has 156 valence electrons. The number of hydrogen-bond donors (Lipinski definition) is 1. The number of anilines is 1. The van der Waals surface area contributed by atoms with E-state index in [1.54, 1.807) is 43.3 Å². The number of halogens is 1. The van der Waals surface area contributed by atoms with Crippen LogP contribution in [-0.2, 0) is 0 Å². The highest BCUT2D eigenvalue weighted by atomic mass is 35.5. The van der Waals surface area contributed by atoms with E-state index in [1.165, 1.54) is 30.1 Å². The second-order valence-corrected chi connectivity index (χ2v) is 7.10. The number of nitrogens with zero attached hydrogens (tertiary/aromatic N) is 4. The van der Waals surface area contributed by atoms with E-state index in [-0.39, 0.29) is 11.3 Å². The van der Waals surface area contributed by atoms with Crippen molar-refractivity contribution < 1.29 is 14.5 Å². The molecule has 0 spiro atoms. The lowest BCUT2D eigenvalue weighted by Crippen LogP contribution is -2.14. The summed E-state index contributed by atoms with van der Waals surface area (Å²) < 4.78 is 5.16. The van der Waals surface area contributed by atoms with Crippen molar-refractivity contribution in [2.24, 2.45) is 0 Å². The molecule has 3 aromatic carbocycles. The van der Waals surface area contributed by atoms with Crippen LogP contribution in [0.4, 0.5) is 11.4 Å². The van der Waals surface area contributed by atoms with E-state index in [0.29, 0.717) is 33.2 Å². The van der Waals surface area contributed by atoms with E-state index in [1.807, 2.05) is 0 Å². The number of rotatable bonds is 5. The van der Waals surface area contributed by atoms with E-state index in [0.717, 1.165) is 5.56 Å². The first-order chi connectivity index (χ1) is 14.9. The zero-order valence-corrected chi connectivity index (χ0v) is 17.3. The average molecular weight is 438 g/mol. The number of hydrogen-bond acceptors (Lipinski definition) is 6. The van der Waals surface area contributed by atoms with Crippen molar-refractivity contribution >= 4 is 39.9 Å². The monoisotopic (exact) mass is 437 g/mol. The highest BCUT2D eigenvalue weighted by Gasteiger charge is 2.20. The highest BCUT2D eigenvalue weighted by molar-refractivity contribution is 6.32. The molecule has 1 heterocycles. The van der Waals surface area contributed by atoms with Gasteiger partial charge in [0.2, 0.25) is 0 Å². The number of para-hydroxylation sites is 1.